The average Bonchev–Trinajstić information content (AvgIpc) is 2.84. The third-order valence-corrected chi connectivity index (χ3v) is 3.11. The van der Waals surface area contributed by atoms with Crippen molar-refractivity contribution >= 4 is 17.3 Å². The number of carbonyl (C=O) groups is 1. The van der Waals surface area contributed by atoms with Crippen LogP contribution < -0.4 is 0 Å². The normalized spacial score (nSPS) is 10.7. The number of carbonyl (C=O) groups excluding carboxylic acids is 1. The first-order chi connectivity index (χ1) is 9.38. The second kappa shape index (κ2) is 5.02. The van der Waals surface area contributed by atoms with Gasteiger partial charge in [0, 0.05) is 24.9 Å². The van der Waals surface area contributed by atoms with Gasteiger partial charge in [0.25, 0.3) is 0 Å². The zero-order chi connectivity index (χ0) is 13.1. The number of hydrogen-bond donors (Lipinski definition) is 0. The molecular weight excluding hydrogens is 238 g/mol. The first-order valence-corrected chi connectivity index (χ1v) is 6.19. The third kappa shape index (κ3) is 2.25. The molecule has 0 fully saturated rings. The Morgan fingerprint density at radius 3 is 2.74 bits per heavy atom. The van der Waals surface area contributed by atoms with Crippen LogP contribution in [0.2, 0.25) is 0 Å². The van der Waals surface area contributed by atoms with Crippen LogP contribution in [0.3, 0.4) is 0 Å². The molecule has 1 aromatic carbocycles. The zero-order valence-corrected chi connectivity index (χ0v) is 10.4. The van der Waals surface area contributed by atoms with Crippen molar-refractivity contribution < 1.29 is 4.79 Å². The van der Waals surface area contributed by atoms with Gasteiger partial charge in [-0.25, -0.2) is 4.98 Å². The van der Waals surface area contributed by atoms with Crippen molar-refractivity contribution in [1.82, 2.24) is 14.5 Å². The van der Waals surface area contributed by atoms with Crippen molar-refractivity contribution in [1.29, 1.82) is 0 Å². The van der Waals surface area contributed by atoms with Gasteiger partial charge in [-0.2, -0.15) is 0 Å². The SMILES string of the molecule is O=Cc1nc2ccccc2n1CCc1ccccn1. The number of pyridine rings is 1. The fourth-order valence-corrected chi connectivity index (χ4v) is 2.19. The Morgan fingerprint density at radius 2 is 1.95 bits per heavy atom. The van der Waals surface area contributed by atoms with E-state index in [0.717, 1.165) is 29.4 Å². The van der Waals surface area contributed by atoms with Crippen LogP contribution in [0.15, 0.2) is 48.7 Å². The van der Waals surface area contributed by atoms with Crippen molar-refractivity contribution in [3.8, 4) is 0 Å². The van der Waals surface area contributed by atoms with Crippen molar-refractivity contribution in [3.63, 3.8) is 0 Å². The maximum atomic E-state index is 11.1. The lowest BCUT2D eigenvalue weighted by Gasteiger charge is -2.05. The quantitative estimate of drug-likeness (QED) is 0.669. The van der Waals surface area contributed by atoms with E-state index in [1.165, 1.54) is 0 Å². The number of fused-ring (bicyclic) bond motifs is 1. The summed E-state index contributed by atoms with van der Waals surface area (Å²) in [6.07, 6.45) is 3.36. The second-order valence-electron chi connectivity index (χ2n) is 4.30. The summed E-state index contributed by atoms with van der Waals surface area (Å²) in [7, 11) is 0. The second-order valence-corrected chi connectivity index (χ2v) is 4.30. The largest absolute Gasteiger partial charge is 0.321 e. The summed E-state index contributed by atoms with van der Waals surface area (Å²) in [6.45, 7) is 0.700. The van der Waals surface area contributed by atoms with Gasteiger partial charge in [-0.05, 0) is 24.3 Å². The molecule has 0 aliphatic rings. The summed E-state index contributed by atoms with van der Waals surface area (Å²) in [5.41, 5.74) is 2.85. The number of aryl methyl sites for hydroxylation is 2. The fraction of sp³-hybridized carbons (Fsp3) is 0.133. The predicted octanol–water partition coefficient (Wildman–Crippen LogP) is 2.49. The minimum absolute atomic E-state index is 0.470. The fourth-order valence-electron chi connectivity index (χ4n) is 2.19. The standard InChI is InChI=1S/C15H13N3O/c19-11-15-17-13-6-1-2-7-14(13)18(15)10-8-12-5-3-4-9-16-12/h1-7,9,11H,8,10H2. The van der Waals surface area contributed by atoms with Crippen LogP contribution >= 0.6 is 0 Å². The van der Waals surface area contributed by atoms with E-state index in [2.05, 4.69) is 9.97 Å². The van der Waals surface area contributed by atoms with E-state index in [1.54, 1.807) is 6.20 Å². The molecule has 0 aliphatic carbocycles. The van der Waals surface area contributed by atoms with Gasteiger partial charge in [0.2, 0.25) is 0 Å². The maximum absolute atomic E-state index is 11.1. The lowest BCUT2D eigenvalue weighted by Crippen LogP contribution is -2.06. The molecule has 2 heterocycles. The topological polar surface area (TPSA) is 47.8 Å². The number of imidazole rings is 1. The maximum Gasteiger partial charge on any atom is 0.185 e. The molecule has 0 spiro atoms. The molecule has 4 heteroatoms. The Balaban J connectivity index is 1.93. The Hall–Kier alpha value is -2.49. The van der Waals surface area contributed by atoms with Crippen LogP contribution in [0.25, 0.3) is 11.0 Å². The van der Waals surface area contributed by atoms with E-state index in [4.69, 9.17) is 0 Å². The molecule has 0 atom stereocenters. The van der Waals surface area contributed by atoms with Crippen LogP contribution in [0.5, 0.6) is 0 Å². The molecule has 0 radical (unpaired) electrons. The third-order valence-electron chi connectivity index (χ3n) is 3.11. The lowest BCUT2D eigenvalue weighted by molar-refractivity contribution is 0.111. The lowest BCUT2D eigenvalue weighted by atomic mass is 10.2. The highest BCUT2D eigenvalue weighted by Crippen LogP contribution is 2.15. The number of rotatable bonds is 4. The molecular formula is C15H13N3O. The number of aldehydes is 1. The molecule has 0 amide bonds. The number of hydrogen-bond acceptors (Lipinski definition) is 3. The molecule has 0 N–H and O–H groups in total. The number of aromatic nitrogens is 3. The Bertz CT molecular complexity index is 704. The zero-order valence-electron chi connectivity index (χ0n) is 10.4. The smallest absolute Gasteiger partial charge is 0.185 e. The van der Waals surface area contributed by atoms with E-state index >= 15 is 0 Å². The highest BCUT2D eigenvalue weighted by Gasteiger charge is 2.09. The summed E-state index contributed by atoms with van der Waals surface area (Å²) in [5.74, 6) is 0.470. The molecule has 0 saturated carbocycles. The molecule has 0 unspecified atom stereocenters. The van der Waals surface area contributed by atoms with E-state index < -0.39 is 0 Å². The number of para-hydroxylation sites is 2. The van der Waals surface area contributed by atoms with Gasteiger partial charge in [-0.3, -0.25) is 9.78 Å². The van der Waals surface area contributed by atoms with E-state index in [0.29, 0.717) is 12.4 Å². The van der Waals surface area contributed by atoms with Gasteiger partial charge in [0.15, 0.2) is 12.1 Å². The number of nitrogens with zero attached hydrogens (tertiary/aromatic N) is 3. The molecule has 0 bridgehead atoms. The molecule has 4 nitrogen and oxygen atoms in total. The molecule has 0 saturated heterocycles. The van der Waals surface area contributed by atoms with Gasteiger partial charge < -0.3 is 4.57 Å². The monoisotopic (exact) mass is 251 g/mol. The molecule has 2 aromatic heterocycles. The molecule has 0 aliphatic heterocycles. The van der Waals surface area contributed by atoms with Crippen molar-refractivity contribution in [2.24, 2.45) is 0 Å². The average molecular weight is 251 g/mol. The highest BCUT2D eigenvalue weighted by molar-refractivity contribution is 5.82. The Morgan fingerprint density at radius 1 is 1.11 bits per heavy atom. The van der Waals surface area contributed by atoms with Crippen molar-refractivity contribution in [2.75, 3.05) is 0 Å². The van der Waals surface area contributed by atoms with Gasteiger partial charge in [-0.15, -0.1) is 0 Å². The van der Waals surface area contributed by atoms with Gasteiger partial charge in [0.05, 0.1) is 11.0 Å². The highest BCUT2D eigenvalue weighted by atomic mass is 16.1. The summed E-state index contributed by atoms with van der Waals surface area (Å²) in [4.78, 5) is 19.7. The molecule has 3 rings (SSSR count). The summed E-state index contributed by atoms with van der Waals surface area (Å²) in [6, 6.07) is 13.6. The molecule has 19 heavy (non-hydrogen) atoms. The summed E-state index contributed by atoms with van der Waals surface area (Å²) < 4.78 is 1.94. The van der Waals surface area contributed by atoms with Gasteiger partial charge >= 0.3 is 0 Å². The van der Waals surface area contributed by atoms with Gasteiger partial charge in [-0.1, -0.05) is 18.2 Å². The van der Waals surface area contributed by atoms with Gasteiger partial charge in [0.1, 0.15) is 0 Å². The van der Waals surface area contributed by atoms with Crippen molar-refractivity contribution in [2.45, 2.75) is 13.0 Å². The molecule has 94 valence electrons. The van der Waals surface area contributed by atoms with Crippen LogP contribution in [0.1, 0.15) is 16.3 Å². The van der Waals surface area contributed by atoms with Crippen molar-refractivity contribution in [3.05, 3.63) is 60.2 Å². The minimum atomic E-state index is 0.470. The van der Waals surface area contributed by atoms with Crippen LogP contribution in [-0.4, -0.2) is 20.8 Å². The van der Waals surface area contributed by atoms with Crippen LogP contribution in [-0.2, 0) is 13.0 Å². The Kier molecular flexibility index (Phi) is 3.06. The van der Waals surface area contributed by atoms with Crippen LogP contribution in [0, 0.1) is 0 Å². The van der Waals surface area contributed by atoms with E-state index in [-0.39, 0.29) is 0 Å². The van der Waals surface area contributed by atoms with E-state index in [1.807, 2.05) is 47.0 Å². The summed E-state index contributed by atoms with van der Waals surface area (Å²) >= 11 is 0. The first-order valence-electron chi connectivity index (χ1n) is 6.19. The minimum Gasteiger partial charge on any atom is -0.321 e. The molecule has 3 aromatic rings. The van der Waals surface area contributed by atoms with Crippen LogP contribution in [0.4, 0.5) is 0 Å². The number of benzene rings is 1. The predicted molar refractivity (Wildman–Crippen MR) is 73.1 cm³/mol. The first kappa shape index (κ1) is 11.6. The Labute approximate surface area is 110 Å². The van der Waals surface area contributed by atoms with E-state index in [9.17, 15) is 4.79 Å². The summed E-state index contributed by atoms with van der Waals surface area (Å²) in [5, 5.41) is 0.